The number of nitrogens with zero attached hydrogens (tertiary/aromatic N) is 3. The first-order valence-electron chi connectivity index (χ1n) is 7.25. The van der Waals surface area contributed by atoms with Crippen molar-refractivity contribution in [1.82, 2.24) is 25.4 Å². The fraction of sp³-hybridized carbons (Fsp3) is 0.500. The molecule has 22 heavy (non-hydrogen) atoms. The number of thiazole rings is 1. The number of aromatic nitrogens is 3. The summed E-state index contributed by atoms with van der Waals surface area (Å²) in [5.41, 5.74) is 0.486. The van der Waals surface area contributed by atoms with Gasteiger partial charge in [0.15, 0.2) is 0 Å². The van der Waals surface area contributed by atoms with E-state index in [0.717, 1.165) is 37.4 Å². The number of hydrogen-bond donors (Lipinski definition) is 2. The molecule has 0 saturated carbocycles. The average molecular weight is 342 g/mol. The van der Waals surface area contributed by atoms with Crippen LogP contribution in [0.3, 0.4) is 0 Å². The number of halogens is 1. The Morgan fingerprint density at radius 3 is 3.18 bits per heavy atom. The van der Waals surface area contributed by atoms with Gasteiger partial charge in [0.05, 0.1) is 11.0 Å². The Morgan fingerprint density at radius 1 is 1.55 bits per heavy atom. The Hall–Kier alpha value is -1.44. The van der Waals surface area contributed by atoms with Crippen molar-refractivity contribution in [2.75, 3.05) is 19.6 Å². The van der Waals surface area contributed by atoms with Gasteiger partial charge in [-0.05, 0) is 25.5 Å². The van der Waals surface area contributed by atoms with Crippen LogP contribution in [0.4, 0.5) is 0 Å². The van der Waals surface area contributed by atoms with E-state index in [-0.39, 0.29) is 18.3 Å². The van der Waals surface area contributed by atoms with Crippen LogP contribution in [-0.4, -0.2) is 40.3 Å². The number of rotatable bonds is 5. The first-order chi connectivity index (χ1) is 10.3. The Kier molecular flexibility index (Phi) is 6.35. The van der Waals surface area contributed by atoms with E-state index in [1.807, 2.05) is 16.3 Å². The van der Waals surface area contributed by atoms with Crippen LogP contribution in [0.1, 0.15) is 34.4 Å². The highest BCUT2D eigenvalue weighted by molar-refractivity contribution is 7.09. The fourth-order valence-electron chi connectivity index (χ4n) is 2.47. The summed E-state index contributed by atoms with van der Waals surface area (Å²) in [6, 6.07) is 2.14. The second-order valence-corrected chi connectivity index (χ2v) is 6.09. The fourth-order valence-corrected chi connectivity index (χ4v) is 3.09. The van der Waals surface area contributed by atoms with Crippen molar-refractivity contribution >= 4 is 29.7 Å². The molecule has 1 aliphatic rings. The molecule has 0 radical (unpaired) electrons. The Balaban J connectivity index is 0.00000176. The molecule has 1 fully saturated rings. The zero-order valence-electron chi connectivity index (χ0n) is 12.2. The van der Waals surface area contributed by atoms with Crippen molar-refractivity contribution in [1.29, 1.82) is 0 Å². The molecule has 3 rings (SSSR count). The van der Waals surface area contributed by atoms with Gasteiger partial charge < -0.3 is 10.6 Å². The summed E-state index contributed by atoms with van der Waals surface area (Å²) >= 11 is 1.60. The Bertz CT molecular complexity index is 580. The van der Waals surface area contributed by atoms with Gasteiger partial charge >= 0.3 is 0 Å². The maximum Gasteiger partial charge on any atom is 0.271 e. The molecule has 8 heteroatoms. The molecule has 0 aromatic carbocycles. The van der Waals surface area contributed by atoms with Crippen LogP contribution in [0, 0.1) is 0 Å². The lowest BCUT2D eigenvalue weighted by atomic mass is 10.1. The quantitative estimate of drug-likeness (QED) is 0.867. The van der Waals surface area contributed by atoms with Crippen molar-refractivity contribution in [3.05, 3.63) is 34.5 Å². The van der Waals surface area contributed by atoms with Gasteiger partial charge in [-0.25, -0.2) is 4.98 Å². The standard InChI is InChI=1S/C14H19N5OS.ClH/c20-14(17-6-3-13-16-7-9-21-13)12-4-8-19(18-12)11-2-1-5-15-10-11;/h4,7-9,11,15H,1-3,5-6,10H2,(H,17,20);1H. The first kappa shape index (κ1) is 16.9. The first-order valence-corrected chi connectivity index (χ1v) is 8.13. The predicted molar refractivity (Wildman–Crippen MR) is 88.8 cm³/mol. The average Bonchev–Trinajstić information content (AvgIpc) is 3.20. The van der Waals surface area contributed by atoms with Crippen LogP contribution in [-0.2, 0) is 6.42 Å². The molecule has 1 amide bonds. The molecular formula is C14H20ClN5OS. The molecule has 0 aliphatic carbocycles. The van der Waals surface area contributed by atoms with Gasteiger partial charge in [0.25, 0.3) is 5.91 Å². The normalized spacial score (nSPS) is 17.7. The molecule has 2 N–H and O–H groups in total. The van der Waals surface area contributed by atoms with Gasteiger partial charge in [0.1, 0.15) is 5.69 Å². The highest BCUT2D eigenvalue weighted by Crippen LogP contribution is 2.15. The molecule has 2 aromatic rings. The molecule has 1 aliphatic heterocycles. The summed E-state index contributed by atoms with van der Waals surface area (Å²) in [4.78, 5) is 16.2. The molecule has 2 aromatic heterocycles. The van der Waals surface area contributed by atoms with Crippen LogP contribution >= 0.6 is 23.7 Å². The molecule has 120 valence electrons. The van der Waals surface area contributed by atoms with E-state index in [1.54, 1.807) is 23.6 Å². The van der Waals surface area contributed by atoms with Crippen LogP contribution in [0.2, 0.25) is 0 Å². The van der Waals surface area contributed by atoms with E-state index in [4.69, 9.17) is 0 Å². The van der Waals surface area contributed by atoms with Crippen molar-refractivity contribution in [2.45, 2.75) is 25.3 Å². The lowest BCUT2D eigenvalue weighted by Gasteiger charge is -2.22. The summed E-state index contributed by atoms with van der Waals surface area (Å²) in [6.07, 6.45) is 6.70. The minimum atomic E-state index is -0.117. The van der Waals surface area contributed by atoms with E-state index < -0.39 is 0 Å². The molecule has 0 spiro atoms. The molecule has 0 bridgehead atoms. The van der Waals surface area contributed by atoms with Crippen LogP contribution in [0.15, 0.2) is 23.8 Å². The largest absolute Gasteiger partial charge is 0.350 e. The monoisotopic (exact) mass is 341 g/mol. The third-order valence-electron chi connectivity index (χ3n) is 3.59. The van der Waals surface area contributed by atoms with Crippen molar-refractivity contribution in [3.8, 4) is 0 Å². The number of carbonyl (C=O) groups excluding carboxylic acids is 1. The summed E-state index contributed by atoms with van der Waals surface area (Å²) in [5.74, 6) is -0.117. The molecule has 3 heterocycles. The van der Waals surface area contributed by atoms with Crippen LogP contribution in [0.5, 0.6) is 0 Å². The molecule has 1 unspecified atom stereocenters. The van der Waals surface area contributed by atoms with E-state index in [9.17, 15) is 4.79 Å². The van der Waals surface area contributed by atoms with Gasteiger partial charge in [-0.1, -0.05) is 0 Å². The van der Waals surface area contributed by atoms with E-state index in [0.29, 0.717) is 18.3 Å². The van der Waals surface area contributed by atoms with Gasteiger partial charge in [-0.15, -0.1) is 23.7 Å². The van der Waals surface area contributed by atoms with E-state index >= 15 is 0 Å². The zero-order chi connectivity index (χ0) is 14.5. The third kappa shape index (κ3) is 4.28. The third-order valence-corrected chi connectivity index (χ3v) is 4.43. The second kappa shape index (κ2) is 8.26. The number of amides is 1. The lowest BCUT2D eigenvalue weighted by Crippen LogP contribution is -2.32. The van der Waals surface area contributed by atoms with Gasteiger partial charge in [0.2, 0.25) is 0 Å². The summed E-state index contributed by atoms with van der Waals surface area (Å²) in [6.45, 7) is 2.58. The SMILES string of the molecule is Cl.O=C(NCCc1nccs1)c1ccn(C2CCCNC2)n1. The molecule has 1 saturated heterocycles. The molecular weight excluding hydrogens is 322 g/mol. The number of piperidine rings is 1. The smallest absolute Gasteiger partial charge is 0.271 e. The second-order valence-electron chi connectivity index (χ2n) is 5.11. The highest BCUT2D eigenvalue weighted by atomic mass is 35.5. The topological polar surface area (TPSA) is 71.8 Å². The Morgan fingerprint density at radius 2 is 2.45 bits per heavy atom. The van der Waals surface area contributed by atoms with Crippen molar-refractivity contribution < 1.29 is 4.79 Å². The van der Waals surface area contributed by atoms with Gasteiger partial charge in [-0.3, -0.25) is 9.48 Å². The number of hydrogen-bond acceptors (Lipinski definition) is 5. The van der Waals surface area contributed by atoms with Crippen LogP contribution < -0.4 is 10.6 Å². The summed E-state index contributed by atoms with van der Waals surface area (Å²) in [7, 11) is 0. The summed E-state index contributed by atoms with van der Waals surface area (Å²) in [5, 5.41) is 13.6. The minimum absolute atomic E-state index is 0. The van der Waals surface area contributed by atoms with Crippen molar-refractivity contribution in [2.24, 2.45) is 0 Å². The van der Waals surface area contributed by atoms with E-state index in [1.165, 1.54) is 0 Å². The molecule has 6 nitrogen and oxygen atoms in total. The number of nitrogens with one attached hydrogen (secondary N) is 2. The summed E-state index contributed by atoms with van der Waals surface area (Å²) < 4.78 is 1.90. The van der Waals surface area contributed by atoms with Gasteiger partial charge in [0, 0.05) is 37.3 Å². The zero-order valence-corrected chi connectivity index (χ0v) is 13.8. The Labute approximate surface area is 139 Å². The lowest BCUT2D eigenvalue weighted by molar-refractivity contribution is 0.0948. The maximum atomic E-state index is 12.0. The van der Waals surface area contributed by atoms with Gasteiger partial charge in [-0.2, -0.15) is 5.10 Å². The number of carbonyl (C=O) groups is 1. The highest BCUT2D eigenvalue weighted by Gasteiger charge is 2.17. The minimum Gasteiger partial charge on any atom is -0.350 e. The maximum absolute atomic E-state index is 12.0. The van der Waals surface area contributed by atoms with Crippen LogP contribution in [0.25, 0.3) is 0 Å². The predicted octanol–water partition coefficient (Wildman–Crippen LogP) is 1.66. The molecule has 1 atom stereocenters. The van der Waals surface area contributed by atoms with Crippen molar-refractivity contribution in [3.63, 3.8) is 0 Å². The van der Waals surface area contributed by atoms with E-state index in [2.05, 4.69) is 20.7 Å².